The smallest absolute Gasteiger partial charge is 0.342 e. The van der Waals surface area contributed by atoms with Crippen molar-refractivity contribution in [3.63, 3.8) is 0 Å². The van der Waals surface area contributed by atoms with Crippen LogP contribution in [-0.4, -0.2) is 17.9 Å². The third kappa shape index (κ3) is 4.31. The van der Waals surface area contributed by atoms with E-state index in [-0.39, 0.29) is 5.78 Å². The fraction of sp³-hybridized carbons (Fsp3) is 0.467. The van der Waals surface area contributed by atoms with Crippen LogP contribution in [0.2, 0.25) is 0 Å². The molecule has 1 atom stereocenters. The van der Waals surface area contributed by atoms with Gasteiger partial charge in [-0.15, -0.1) is 0 Å². The van der Waals surface area contributed by atoms with E-state index in [1.165, 1.54) is 6.92 Å². The van der Waals surface area contributed by atoms with Gasteiger partial charge >= 0.3 is 12.1 Å². The predicted octanol–water partition coefficient (Wildman–Crippen LogP) is 3.41. The maximum Gasteiger partial charge on any atom is 0.471 e. The maximum absolute atomic E-state index is 12.2. The lowest BCUT2D eigenvalue weighted by molar-refractivity contribution is -0.174. The van der Waals surface area contributed by atoms with Crippen molar-refractivity contribution < 1.29 is 22.8 Å². The standard InChI is InChI=1S/C15H16F3NO2/c1-9(19-14(21)15(16,17)18)11-4-6-12(7-5-11)13(20)8-10-2-3-10/h4-7,9-10H,2-3,8H2,1H3,(H,19,21)/t9-/m0/s1. The number of Topliss-reactive ketones (excluding diaryl/α,β-unsaturated/α-hetero) is 1. The molecule has 1 fully saturated rings. The van der Waals surface area contributed by atoms with E-state index in [0.717, 1.165) is 12.8 Å². The van der Waals surface area contributed by atoms with E-state index in [1.807, 2.05) is 5.32 Å². The van der Waals surface area contributed by atoms with Crippen LogP contribution in [0, 0.1) is 5.92 Å². The van der Waals surface area contributed by atoms with Crippen LogP contribution in [-0.2, 0) is 4.79 Å². The molecule has 0 aliphatic heterocycles. The molecule has 1 aromatic rings. The van der Waals surface area contributed by atoms with Crippen molar-refractivity contribution in [3.8, 4) is 0 Å². The number of amides is 1. The summed E-state index contributed by atoms with van der Waals surface area (Å²) in [6, 6.07) is 5.56. The summed E-state index contributed by atoms with van der Waals surface area (Å²) in [4.78, 5) is 22.7. The molecular weight excluding hydrogens is 283 g/mol. The summed E-state index contributed by atoms with van der Waals surface area (Å²) in [5.74, 6) is -1.43. The Morgan fingerprint density at radius 2 is 1.81 bits per heavy atom. The van der Waals surface area contributed by atoms with Gasteiger partial charge in [-0.05, 0) is 31.2 Å². The van der Waals surface area contributed by atoms with Gasteiger partial charge in [-0.25, -0.2) is 0 Å². The van der Waals surface area contributed by atoms with Crippen LogP contribution in [0.4, 0.5) is 13.2 Å². The number of alkyl halides is 3. The summed E-state index contributed by atoms with van der Waals surface area (Å²) in [6.07, 6.45) is -2.19. The number of carbonyl (C=O) groups is 2. The number of hydrogen-bond acceptors (Lipinski definition) is 2. The number of hydrogen-bond donors (Lipinski definition) is 1. The second-order valence-corrected chi connectivity index (χ2v) is 5.39. The van der Waals surface area contributed by atoms with E-state index in [2.05, 4.69) is 0 Å². The van der Waals surface area contributed by atoms with Crippen molar-refractivity contribution in [2.45, 2.75) is 38.4 Å². The van der Waals surface area contributed by atoms with Crippen LogP contribution in [0.3, 0.4) is 0 Å². The maximum atomic E-state index is 12.2. The molecule has 0 saturated heterocycles. The molecule has 1 aromatic carbocycles. The molecule has 1 aliphatic carbocycles. The minimum absolute atomic E-state index is 0.0519. The fourth-order valence-corrected chi connectivity index (χ4v) is 2.02. The minimum atomic E-state index is -4.89. The van der Waals surface area contributed by atoms with Gasteiger partial charge in [0.15, 0.2) is 5.78 Å². The first-order valence-electron chi connectivity index (χ1n) is 6.78. The summed E-state index contributed by atoms with van der Waals surface area (Å²) in [5.41, 5.74) is 1.08. The summed E-state index contributed by atoms with van der Waals surface area (Å²) in [7, 11) is 0. The Morgan fingerprint density at radius 3 is 2.29 bits per heavy atom. The number of carbonyl (C=O) groups excluding carboxylic acids is 2. The quantitative estimate of drug-likeness (QED) is 0.847. The van der Waals surface area contributed by atoms with Gasteiger partial charge in [-0.2, -0.15) is 13.2 Å². The summed E-state index contributed by atoms with van der Waals surface area (Å²) in [6.45, 7) is 1.46. The first kappa shape index (κ1) is 15.5. The van der Waals surface area contributed by atoms with Crippen molar-refractivity contribution in [2.75, 3.05) is 0 Å². The lowest BCUT2D eigenvalue weighted by Crippen LogP contribution is -2.38. The Balaban J connectivity index is 1.97. The summed E-state index contributed by atoms with van der Waals surface area (Å²) >= 11 is 0. The molecule has 1 aliphatic rings. The van der Waals surface area contributed by atoms with Gasteiger partial charge in [0.1, 0.15) is 0 Å². The predicted molar refractivity (Wildman–Crippen MR) is 70.7 cm³/mol. The molecule has 114 valence electrons. The molecule has 0 bridgehead atoms. The molecule has 1 saturated carbocycles. The number of benzene rings is 1. The fourth-order valence-electron chi connectivity index (χ4n) is 2.02. The van der Waals surface area contributed by atoms with Gasteiger partial charge in [0, 0.05) is 12.0 Å². The highest BCUT2D eigenvalue weighted by Crippen LogP contribution is 2.33. The van der Waals surface area contributed by atoms with Crippen LogP contribution in [0.1, 0.15) is 48.1 Å². The Labute approximate surface area is 120 Å². The molecule has 6 heteroatoms. The third-order valence-corrected chi connectivity index (χ3v) is 3.51. The van der Waals surface area contributed by atoms with E-state index in [9.17, 15) is 22.8 Å². The number of ketones is 1. The second kappa shape index (κ2) is 5.87. The van der Waals surface area contributed by atoms with Gasteiger partial charge in [0.05, 0.1) is 6.04 Å². The van der Waals surface area contributed by atoms with Crippen LogP contribution >= 0.6 is 0 Å². The van der Waals surface area contributed by atoms with Crippen molar-refractivity contribution in [1.29, 1.82) is 0 Å². The SMILES string of the molecule is C[C@H](NC(=O)C(F)(F)F)c1ccc(C(=O)CC2CC2)cc1. The van der Waals surface area contributed by atoms with Gasteiger partial charge in [-0.1, -0.05) is 24.3 Å². The van der Waals surface area contributed by atoms with Gasteiger partial charge in [0.25, 0.3) is 0 Å². The number of halogens is 3. The van der Waals surface area contributed by atoms with Crippen molar-refractivity contribution in [2.24, 2.45) is 5.92 Å². The zero-order chi connectivity index (χ0) is 15.6. The molecule has 0 radical (unpaired) electrons. The highest BCUT2D eigenvalue weighted by molar-refractivity contribution is 5.96. The number of nitrogens with one attached hydrogen (secondary N) is 1. The lowest BCUT2D eigenvalue weighted by atomic mass is 10.0. The summed E-state index contributed by atoms with van der Waals surface area (Å²) < 4.78 is 36.5. The zero-order valence-electron chi connectivity index (χ0n) is 11.5. The minimum Gasteiger partial charge on any atom is -0.342 e. The molecule has 21 heavy (non-hydrogen) atoms. The van der Waals surface area contributed by atoms with Gasteiger partial charge in [-0.3, -0.25) is 9.59 Å². The van der Waals surface area contributed by atoms with Crippen molar-refractivity contribution in [3.05, 3.63) is 35.4 Å². The Morgan fingerprint density at radius 1 is 1.24 bits per heavy atom. The van der Waals surface area contributed by atoms with Gasteiger partial charge < -0.3 is 5.32 Å². The normalized spacial score (nSPS) is 16.4. The van der Waals surface area contributed by atoms with Crippen molar-refractivity contribution >= 4 is 11.7 Å². The van der Waals surface area contributed by atoms with Crippen LogP contribution in [0.25, 0.3) is 0 Å². The van der Waals surface area contributed by atoms with Crippen LogP contribution in [0.5, 0.6) is 0 Å². The second-order valence-electron chi connectivity index (χ2n) is 5.39. The largest absolute Gasteiger partial charge is 0.471 e. The van der Waals surface area contributed by atoms with Crippen molar-refractivity contribution in [1.82, 2.24) is 5.32 Å². The topological polar surface area (TPSA) is 46.2 Å². The Bertz CT molecular complexity index is 533. The van der Waals surface area contributed by atoms with E-state index < -0.39 is 18.1 Å². The zero-order valence-corrected chi connectivity index (χ0v) is 11.5. The highest BCUT2D eigenvalue weighted by atomic mass is 19.4. The monoisotopic (exact) mass is 299 g/mol. The van der Waals surface area contributed by atoms with E-state index in [1.54, 1.807) is 24.3 Å². The molecule has 2 rings (SSSR count). The summed E-state index contributed by atoms with van der Waals surface area (Å²) in [5, 5.41) is 1.88. The van der Waals surface area contributed by atoms with E-state index in [0.29, 0.717) is 23.5 Å². The highest BCUT2D eigenvalue weighted by Gasteiger charge is 2.39. The third-order valence-electron chi connectivity index (χ3n) is 3.51. The average Bonchev–Trinajstić information content (AvgIpc) is 3.21. The molecule has 3 nitrogen and oxygen atoms in total. The Hall–Kier alpha value is -1.85. The molecular formula is C15H16F3NO2. The van der Waals surface area contributed by atoms with E-state index >= 15 is 0 Å². The lowest BCUT2D eigenvalue weighted by Gasteiger charge is -2.15. The first-order chi connectivity index (χ1) is 9.77. The molecule has 0 aromatic heterocycles. The average molecular weight is 299 g/mol. The Kier molecular flexibility index (Phi) is 4.34. The number of rotatable bonds is 5. The molecule has 1 N–H and O–H groups in total. The molecule has 0 heterocycles. The van der Waals surface area contributed by atoms with Crippen LogP contribution in [0.15, 0.2) is 24.3 Å². The van der Waals surface area contributed by atoms with E-state index in [4.69, 9.17) is 0 Å². The molecule has 0 unspecified atom stereocenters. The molecule has 0 spiro atoms. The molecule has 1 amide bonds. The van der Waals surface area contributed by atoms with Gasteiger partial charge in [0.2, 0.25) is 0 Å². The van der Waals surface area contributed by atoms with Crippen LogP contribution < -0.4 is 5.32 Å². The first-order valence-corrected chi connectivity index (χ1v) is 6.78.